The minimum Gasteiger partial charge on any atom is -0.478 e. The second-order valence-electron chi connectivity index (χ2n) is 8.15. The molecular weight excluding hydrogens is 474 g/mol. The van der Waals surface area contributed by atoms with E-state index in [4.69, 9.17) is 16.7 Å². The molecule has 2 aromatic carbocycles. The molecule has 34 heavy (non-hydrogen) atoms. The SMILES string of the molecule is O=C(O)c1ccc(/C=C\[C@@H]2C[C@@H](NS(=O)(=O)c3ccc(Cl)cc3)CN2Cc2cccnc2)cc1. The molecule has 2 atom stereocenters. The number of carbonyl (C=O) groups is 1. The Morgan fingerprint density at radius 2 is 1.88 bits per heavy atom. The van der Waals surface area contributed by atoms with E-state index in [0.717, 1.165) is 11.1 Å². The van der Waals surface area contributed by atoms with Gasteiger partial charge < -0.3 is 5.11 Å². The number of hydrogen-bond donors (Lipinski definition) is 2. The second kappa shape index (κ2) is 10.5. The Labute approximate surface area is 203 Å². The van der Waals surface area contributed by atoms with E-state index >= 15 is 0 Å². The smallest absolute Gasteiger partial charge is 0.335 e. The Morgan fingerprint density at radius 1 is 1.15 bits per heavy atom. The van der Waals surface area contributed by atoms with E-state index in [0.29, 0.717) is 24.5 Å². The van der Waals surface area contributed by atoms with Crippen LogP contribution in [0, 0.1) is 0 Å². The minimum absolute atomic E-state index is 0.0164. The maximum atomic E-state index is 12.9. The Balaban J connectivity index is 1.51. The third-order valence-corrected chi connectivity index (χ3v) is 7.46. The molecule has 0 amide bonds. The van der Waals surface area contributed by atoms with Gasteiger partial charge in [-0.1, -0.05) is 42.0 Å². The van der Waals surface area contributed by atoms with Crippen molar-refractivity contribution in [2.75, 3.05) is 6.54 Å². The molecule has 2 N–H and O–H groups in total. The molecule has 0 saturated carbocycles. The summed E-state index contributed by atoms with van der Waals surface area (Å²) in [5.74, 6) is -0.968. The van der Waals surface area contributed by atoms with Crippen LogP contribution in [-0.2, 0) is 16.6 Å². The van der Waals surface area contributed by atoms with Crippen molar-refractivity contribution in [1.29, 1.82) is 0 Å². The predicted octanol–water partition coefficient (Wildman–Crippen LogP) is 4.07. The van der Waals surface area contributed by atoms with Gasteiger partial charge in [-0.25, -0.2) is 17.9 Å². The predicted molar refractivity (Wildman–Crippen MR) is 131 cm³/mol. The van der Waals surface area contributed by atoms with Crippen LogP contribution in [0.5, 0.6) is 0 Å². The van der Waals surface area contributed by atoms with Gasteiger partial charge in [-0.2, -0.15) is 0 Å². The number of pyridine rings is 1. The van der Waals surface area contributed by atoms with Crippen molar-refractivity contribution in [2.45, 2.75) is 29.9 Å². The van der Waals surface area contributed by atoms with E-state index in [1.807, 2.05) is 24.3 Å². The molecule has 1 aliphatic rings. The Morgan fingerprint density at radius 3 is 2.53 bits per heavy atom. The molecule has 176 valence electrons. The van der Waals surface area contributed by atoms with Crippen molar-refractivity contribution < 1.29 is 18.3 Å². The largest absolute Gasteiger partial charge is 0.478 e. The average Bonchev–Trinajstić information content (AvgIpc) is 3.19. The summed E-state index contributed by atoms with van der Waals surface area (Å²) in [5, 5.41) is 9.55. The van der Waals surface area contributed by atoms with Gasteiger partial charge in [0.05, 0.1) is 10.5 Å². The highest BCUT2D eigenvalue weighted by molar-refractivity contribution is 7.89. The highest BCUT2D eigenvalue weighted by Crippen LogP contribution is 2.24. The lowest BCUT2D eigenvalue weighted by molar-refractivity contribution is 0.0697. The fraction of sp³-hybridized carbons (Fsp3) is 0.200. The number of carboxylic acid groups (broad SMARTS) is 1. The van der Waals surface area contributed by atoms with E-state index in [-0.39, 0.29) is 22.5 Å². The van der Waals surface area contributed by atoms with Crippen LogP contribution >= 0.6 is 11.6 Å². The fourth-order valence-corrected chi connectivity index (χ4v) is 5.35. The number of likely N-dealkylation sites (tertiary alicyclic amines) is 1. The zero-order valence-corrected chi connectivity index (χ0v) is 19.8. The number of sulfonamides is 1. The van der Waals surface area contributed by atoms with E-state index in [2.05, 4.69) is 14.6 Å². The summed E-state index contributed by atoms with van der Waals surface area (Å²) < 4.78 is 28.6. The maximum Gasteiger partial charge on any atom is 0.335 e. The second-order valence-corrected chi connectivity index (χ2v) is 10.3. The highest BCUT2D eigenvalue weighted by atomic mass is 35.5. The first-order valence-corrected chi connectivity index (χ1v) is 12.6. The zero-order chi connectivity index (χ0) is 24.1. The molecule has 1 aromatic heterocycles. The molecule has 9 heteroatoms. The van der Waals surface area contributed by atoms with Gasteiger partial charge in [0.15, 0.2) is 0 Å². The summed E-state index contributed by atoms with van der Waals surface area (Å²) in [4.78, 5) is 17.6. The van der Waals surface area contributed by atoms with Crippen molar-refractivity contribution in [3.63, 3.8) is 0 Å². The van der Waals surface area contributed by atoms with Crippen molar-refractivity contribution in [3.05, 3.63) is 101 Å². The van der Waals surface area contributed by atoms with Crippen LogP contribution in [0.25, 0.3) is 6.08 Å². The topological polar surface area (TPSA) is 99.6 Å². The van der Waals surface area contributed by atoms with Crippen LogP contribution in [0.1, 0.15) is 27.9 Å². The van der Waals surface area contributed by atoms with E-state index in [1.54, 1.807) is 48.8 Å². The molecule has 1 saturated heterocycles. The molecule has 7 nitrogen and oxygen atoms in total. The first-order valence-electron chi connectivity index (χ1n) is 10.7. The van der Waals surface area contributed by atoms with E-state index < -0.39 is 16.0 Å². The number of benzene rings is 2. The Kier molecular flexibility index (Phi) is 7.43. The summed E-state index contributed by atoms with van der Waals surface area (Å²) in [6.45, 7) is 1.16. The van der Waals surface area contributed by atoms with Gasteiger partial charge >= 0.3 is 5.97 Å². The lowest BCUT2D eigenvalue weighted by Crippen LogP contribution is -2.37. The summed E-state index contributed by atoms with van der Waals surface area (Å²) >= 11 is 5.89. The standard InChI is InChI=1S/C25H24ClN3O4S/c26-21-8-11-24(12-9-21)34(32,33)28-22-14-23(29(17-22)16-19-2-1-13-27-15-19)10-5-18-3-6-20(7-4-18)25(30)31/h1-13,15,22-23,28H,14,16-17H2,(H,30,31)/b10-5-/t22-,23-/m1/s1. The number of hydrogen-bond acceptors (Lipinski definition) is 5. The average molecular weight is 498 g/mol. The number of rotatable bonds is 8. The summed E-state index contributed by atoms with van der Waals surface area (Å²) in [5.41, 5.74) is 2.14. The van der Waals surface area contributed by atoms with Gasteiger partial charge in [0, 0.05) is 42.6 Å². The maximum absolute atomic E-state index is 12.9. The number of aromatic nitrogens is 1. The van der Waals surface area contributed by atoms with Crippen LogP contribution in [0.3, 0.4) is 0 Å². The zero-order valence-electron chi connectivity index (χ0n) is 18.2. The molecule has 2 heterocycles. The molecular formula is C25H24ClN3O4S. The number of aromatic carboxylic acids is 1. The third kappa shape index (κ3) is 6.09. The van der Waals surface area contributed by atoms with Gasteiger partial charge in [0.1, 0.15) is 0 Å². The first kappa shape index (κ1) is 24.1. The fourth-order valence-electron chi connectivity index (χ4n) is 3.99. The van der Waals surface area contributed by atoms with Crippen LogP contribution < -0.4 is 4.72 Å². The van der Waals surface area contributed by atoms with E-state index in [1.165, 1.54) is 12.1 Å². The molecule has 1 aliphatic heterocycles. The van der Waals surface area contributed by atoms with Gasteiger partial charge in [-0.3, -0.25) is 9.88 Å². The van der Waals surface area contributed by atoms with Crippen LogP contribution in [-0.4, -0.2) is 48.0 Å². The molecule has 3 aromatic rings. The van der Waals surface area contributed by atoms with Crippen LogP contribution in [0.4, 0.5) is 0 Å². The van der Waals surface area contributed by atoms with Gasteiger partial charge in [-0.05, 0) is 60.0 Å². The number of carboxylic acids is 1. The third-order valence-electron chi connectivity index (χ3n) is 5.67. The monoisotopic (exact) mass is 497 g/mol. The molecule has 0 aliphatic carbocycles. The quantitative estimate of drug-likeness (QED) is 0.486. The number of nitrogens with zero attached hydrogens (tertiary/aromatic N) is 2. The highest BCUT2D eigenvalue weighted by Gasteiger charge is 2.33. The molecule has 0 spiro atoms. The Hall–Kier alpha value is -3.04. The van der Waals surface area contributed by atoms with Crippen LogP contribution in [0.2, 0.25) is 5.02 Å². The molecule has 1 fully saturated rings. The first-order chi connectivity index (χ1) is 16.3. The molecule has 4 rings (SSSR count). The minimum atomic E-state index is -3.69. The normalized spacial score (nSPS) is 19.0. The summed E-state index contributed by atoms with van der Waals surface area (Å²) in [6.07, 6.45) is 8.08. The van der Waals surface area contributed by atoms with Gasteiger partial charge in [0.25, 0.3) is 0 Å². The van der Waals surface area contributed by atoms with Crippen LogP contribution in [0.15, 0.2) is 84.0 Å². The summed E-state index contributed by atoms with van der Waals surface area (Å²) in [6, 6.07) is 16.3. The summed E-state index contributed by atoms with van der Waals surface area (Å²) in [7, 11) is -3.69. The van der Waals surface area contributed by atoms with E-state index in [9.17, 15) is 13.2 Å². The lowest BCUT2D eigenvalue weighted by Gasteiger charge is -2.21. The molecule has 0 unspecified atom stereocenters. The van der Waals surface area contributed by atoms with Gasteiger partial charge in [-0.15, -0.1) is 0 Å². The van der Waals surface area contributed by atoms with Crippen molar-refractivity contribution in [2.24, 2.45) is 0 Å². The molecule has 0 bridgehead atoms. The number of halogens is 1. The van der Waals surface area contributed by atoms with Crippen molar-refractivity contribution in [1.82, 2.24) is 14.6 Å². The number of nitrogens with one attached hydrogen (secondary N) is 1. The van der Waals surface area contributed by atoms with Gasteiger partial charge in [0.2, 0.25) is 10.0 Å². The lowest BCUT2D eigenvalue weighted by atomic mass is 10.1. The van der Waals surface area contributed by atoms with Crippen molar-refractivity contribution >= 4 is 33.7 Å². The van der Waals surface area contributed by atoms with Crippen molar-refractivity contribution in [3.8, 4) is 0 Å². The molecule has 0 radical (unpaired) electrons. The Bertz CT molecular complexity index is 1260.